The highest BCUT2D eigenvalue weighted by Gasteiger charge is 2.17. The van der Waals surface area contributed by atoms with Gasteiger partial charge in [0.15, 0.2) is 5.76 Å². The highest BCUT2D eigenvalue weighted by atomic mass is 35.5. The summed E-state index contributed by atoms with van der Waals surface area (Å²) in [6, 6.07) is 8.41. The van der Waals surface area contributed by atoms with Crippen molar-refractivity contribution in [3.63, 3.8) is 0 Å². The molecule has 2 aromatic rings. The van der Waals surface area contributed by atoms with Crippen molar-refractivity contribution >= 4 is 28.0 Å². The summed E-state index contributed by atoms with van der Waals surface area (Å²) < 4.78 is 38.7. The second-order valence-corrected chi connectivity index (χ2v) is 6.05. The van der Waals surface area contributed by atoms with Crippen molar-refractivity contribution in [1.82, 2.24) is 0 Å². The second kappa shape index (κ2) is 7.59. The third-order valence-corrected chi connectivity index (χ3v) is 3.19. The summed E-state index contributed by atoms with van der Waals surface area (Å²) in [5.41, 5.74) is 1.02. The predicted molar refractivity (Wildman–Crippen MR) is 81.4 cm³/mol. The van der Waals surface area contributed by atoms with E-state index >= 15 is 0 Å². The van der Waals surface area contributed by atoms with Gasteiger partial charge in [-0.1, -0.05) is 11.6 Å². The van der Waals surface area contributed by atoms with E-state index in [2.05, 4.69) is 4.18 Å². The number of rotatable bonds is 3. The van der Waals surface area contributed by atoms with E-state index in [1.54, 1.807) is 0 Å². The molecule has 0 aliphatic rings. The van der Waals surface area contributed by atoms with Gasteiger partial charge in [-0.25, -0.2) is 13.3 Å². The van der Waals surface area contributed by atoms with E-state index in [0.717, 1.165) is 29.5 Å². The minimum Gasteiger partial charge on any atom is -0.726 e. The van der Waals surface area contributed by atoms with Crippen LogP contribution < -0.4 is 9.47 Å². The number of aromatic nitrogens is 1. The third kappa shape index (κ3) is 5.64. The van der Waals surface area contributed by atoms with Gasteiger partial charge in [0.05, 0.1) is 28.3 Å². The summed E-state index contributed by atoms with van der Waals surface area (Å²) in [4.78, 5) is 1.93. The van der Waals surface area contributed by atoms with Crippen molar-refractivity contribution < 1.29 is 26.1 Å². The van der Waals surface area contributed by atoms with E-state index in [-0.39, 0.29) is 0 Å². The van der Waals surface area contributed by atoms with Crippen molar-refractivity contribution in [3.8, 4) is 11.3 Å². The van der Waals surface area contributed by atoms with Crippen LogP contribution in [0.1, 0.15) is 0 Å². The number of anilines is 1. The van der Waals surface area contributed by atoms with Gasteiger partial charge in [0.2, 0.25) is 10.4 Å². The molecule has 1 heterocycles. The molecule has 0 fully saturated rings. The number of aryl methyl sites for hydroxylation is 1. The lowest BCUT2D eigenvalue weighted by Gasteiger charge is -1.99. The molecule has 22 heavy (non-hydrogen) atoms. The fourth-order valence-corrected chi connectivity index (χ4v) is 1.71. The standard InChI is InChI=1S/C12H14ClN2O.CH4O4S/c1-14(2)12-15(3)8-11(16-12)9-4-6-10(13)7-5-9;1-5-6(2,3)4/h4-8H,1-3H3;1H3,(H,2,3,4)/q+1;/p-1. The largest absolute Gasteiger partial charge is 0.726 e. The Morgan fingerprint density at radius 2 is 1.77 bits per heavy atom. The summed E-state index contributed by atoms with van der Waals surface area (Å²) in [6.45, 7) is 0. The molecular formula is C13H17ClN2O5S. The zero-order chi connectivity index (χ0) is 16.9. The molecule has 0 aliphatic carbocycles. The van der Waals surface area contributed by atoms with Crippen molar-refractivity contribution in [2.24, 2.45) is 7.05 Å². The van der Waals surface area contributed by atoms with Gasteiger partial charge in [-0.3, -0.25) is 4.18 Å². The van der Waals surface area contributed by atoms with E-state index in [0.29, 0.717) is 0 Å². The number of hydrogen-bond acceptors (Lipinski definition) is 6. The summed E-state index contributed by atoms with van der Waals surface area (Å²) in [7, 11) is 2.25. The van der Waals surface area contributed by atoms with E-state index in [1.165, 1.54) is 0 Å². The van der Waals surface area contributed by atoms with Gasteiger partial charge in [-0.05, 0) is 24.3 Å². The number of halogens is 1. The van der Waals surface area contributed by atoms with Gasteiger partial charge in [-0.2, -0.15) is 4.57 Å². The van der Waals surface area contributed by atoms with Gasteiger partial charge in [0.25, 0.3) is 0 Å². The molecule has 0 saturated carbocycles. The number of nitrogens with zero attached hydrogens (tertiary/aromatic N) is 2. The molecule has 0 atom stereocenters. The van der Waals surface area contributed by atoms with Crippen LogP contribution in [0.3, 0.4) is 0 Å². The maximum atomic E-state index is 9.22. The molecule has 1 aromatic carbocycles. The molecule has 0 amide bonds. The number of hydrogen-bond donors (Lipinski definition) is 0. The summed E-state index contributed by atoms with van der Waals surface area (Å²) in [5.74, 6) is 0.836. The Bertz CT molecular complexity index is 711. The lowest BCUT2D eigenvalue weighted by atomic mass is 10.2. The molecule has 122 valence electrons. The van der Waals surface area contributed by atoms with Gasteiger partial charge in [0, 0.05) is 10.6 Å². The first-order valence-electron chi connectivity index (χ1n) is 6.08. The zero-order valence-electron chi connectivity index (χ0n) is 12.6. The van der Waals surface area contributed by atoms with Gasteiger partial charge < -0.3 is 8.97 Å². The molecule has 0 radical (unpaired) electrons. The van der Waals surface area contributed by atoms with Crippen LogP contribution in [0.4, 0.5) is 6.01 Å². The first-order valence-corrected chi connectivity index (χ1v) is 7.79. The number of benzene rings is 1. The normalized spacial score (nSPS) is 10.8. The summed E-state index contributed by atoms with van der Waals surface area (Å²) in [6.07, 6.45) is 1.96. The van der Waals surface area contributed by atoms with E-state index in [4.69, 9.17) is 16.0 Å². The minimum absolute atomic E-state index is 0.729. The average molecular weight is 349 g/mol. The molecule has 9 heteroatoms. The van der Waals surface area contributed by atoms with Crippen molar-refractivity contribution in [3.05, 3.63) is 35.5 Å². The Morgan fingerprint density at radius 1 is 1.27 bits per heavy atom. The first-order chi connectivity index (χ1) is 10.1. The fourth-order valence-electron chi connectivity index (χ4n) is 1.58. The zero-order valence-corrected chi connectivity index (χ0v) is 14.2. The molecule has 7 nitrogen and oxygen atoms in total. The van der Waals surface area contributed by atoms with Crippen LogP contribution in [-0.4, -0.2) is 34.2 Å². The first kappa shape index (κ1) is 18.4. The molecule has 0 aliphatic heterocycles. The third-order valence-electron chi connectivity index (χ3n) is 2.53. The molecule has 2 rings (SSSR count). The molecule has 1 aromatic heterocycles. The lowest BCUT2D eigenvalue weighted by molar-refractivity contribution is -0.660. The monoisotopic (exact) mass is 348 g/mol. The van der Waals surface area contributed by atoms with E-state index in [1.807, 2.05) is 61.1 Å². The van der Waals surface area contributed by atoms with Crippen molar-refractivity contribution in [1.29, 1.82) is 0 Å². The summed E-state index contributed by atoms with van der Waals surface area (Å²) >= 11 is 5.84. The maximum Gasteiger partial charge on any atom is 0.456 e. The Labute approximate surface area is 134 Å². The van der Waals surface area contributed by atoms with Crippen molar-refractivity contribution in [2.45, 2.75) is 0 Å². The average Bonchev–Trinajstić information content (AvgIpc) is 2.82. The predicted octanol–water partition coefficient (Wildman–Crippen LogP) is 1.58. The highest BCUT2D eigenvalue weighted by molar-refractivity contribution is 7.80. The summed E-state index contributed by atoms with van der Waals surface area (Å²) in [5, 5.41) is 0.729. The Morgan fingerprint density at radius 3 is 2.14 bits per heavy atom. The highest BCUT2D eigenvalue weighted by Crippen LogP contribution is 2.23. The van der Waals surface area contributed by atoms with Gasteiger partial charge >= 0.3 is 6.01 Å². The Kier molecular flexibility index (Phi) is 6.36. The fraction of sp³-hybridized carbons (Fsp3) is 0.308. The number of oxazole rings is 1. The molecule has 0 spiro atoms. The Balaban J connectivity index is 0.000000346. The van der Waals surface area contributed by atoms with Crippen LogP contribution in [0.2, 0.25) is 5.02 Å². The van der Waals surface area contributed by atoms with Gasteiger partial charge in [-0.15, -0.1) is 0 Å². The maximum absolute atomic E-state index is 9.22. The van der Waals surface area contributed by atoms with Gasteiger partial charge in [0.1, 0.15) is 6.20 Å². The second-order valence-electron chi connectivity index (χ2n) is 4.47. The topological polar surface area (TPSA) is 86.7 Å². The molecule has 0 N–H and O–H groups in total. The van der Waals surface area contributed by atoms with Crippen LogP contribution in [0.25, 0.3) is 11.3 Å². The quantitative estimate of drug-likeness (QED) is 0.475. The molecule has 0 bridgehead atoms. The van der Waals surface area contributed by atoms with Crippen LogP contribution >= 0.6 is 11.6 Å². The Hall–Kier alpha value is -1.61. The van der Waals surface area contributed by atoms with Crippen LogP contribution in [-0.2, 0) is 21.6 Å². The van der Waals surface area contributed by atoms with Crippen LogP contribution in [0.15, 0.2) is 34.9 Å². The SMILES string of the molecule is CN(C)c1oc(-c2ccc(Cl)cc2)c[n+]1C.COS(=O)(=O)[O-]. The molecule has 0 unspecified atom stereocenters. The van der Waals surface area contributed by atoms with Crippen molar-refractivity contribution in [2.75, 3.05) is 26.1 Å². The smallest absolute Gasteiger partial charge is 0.456 e. The van der Waals surface area contributed by atoms with E-state index < -0.39 is 10.4 Å². The van der Waals surface area contributed by atoms with Crippen LogP contribution in [0.5, 0.6) is 0 Å². The van der Waals surface area contributed by atoms with E-state index in [9.17, 15) is 13.0 Å². The lowest BCUT2D eigenvalue weighted by Crippen LogP contribution is -2.32. The molecule has 0 saturated heterocycles. The van der Waals surface area contributed by atoms with Crippen LogP contribution in [0, 0.1) is 0 Å². The molecular weight excluding hydrogens is 332 g/mol. The minimum atomic E-state index is -4.41.